The van der Waals surface area contributed by atoms with E-state index >= 15 is 0 Å². The summed E-state index contributed by atoms with van der Waals surface area (Å²) in [5.74, 6) is 0. The molecule has 0 aromatic carbocycles. The van der Waals surface area contributed by atoms with Crippen molar-refractivity contribution >= 4 is 0 Å². The molecule has 2 rings (SSSR count). The molecule has 1 aliphatic rings. The van der Waals surface area contributed by atoms with Crippen molar-refractivity contribution in [2.45, 2.75) is 53.8 Å². The molecule has 0 aliphatic carbocycles. The molecule has 2 heterocycles. The summed E-state index contributed by atoms with van der Waals surface area (Å²) in [6.45, 7) is 14.1. The average molecular weight is 233 g/mol. The monoisotopic (exact) mass is 233 g/mol. The minimum atomic E-state index is -0.309. The molecule has 0 atom stereocenters. The molecule has 1 aromatic rings. The maximum atomic E-state index is 6.28. The third-order valence-corrected chi connectivity index (χ3v) is 3.78. The maximum absolute atomic E-state index is 6.28. The van der Waals surface area contributed by atoms with Crippen LogP contribution in [0, 0.1) is 10.8 Å². The zero-order chi connectivity index (χ0) is 12.9. The maximum Gasteiger partial charge on any atom is 0.120 e. The van der Waals surface area contributed by atoms with Gasteiger partial charge in [0.05, 0.1) is 12.3 Å². The number of pyridine rings is 1. The number of nitrogens with zero attached hydrogens (tertiary/aromatic N) is 1. The van der Waals surface area contributed by atoms with Crippen LogP contribution in [0.2, 0.25) is 0 Å². The van der Waals surface area contributed by atoms with Gasteiger partial charge in [-0.2, -0.15) is 0 Å². The SMILES string of the molecule is CC(C)(C)C1(C(C)(C)C)OCc2cccnc21. The second-order valence-electron chi connectivity index (χ2n) is 6.98. The Hall–Kier alpha value is -0.890. The molecule has 94 valence electrons. The summed E-state index contributed by atoms with van der Waals surface area (Å²) < 4.78 is 6.28. The van der Waals surface area contributed by atoms with E-state index in [4.69, 9.17) is 4.74 Å². The standard InChI is InChI=1S/C15H23NO/c1-13(2,3)15(14(4,5)6)12-11(10-17-15)8-7-9-16-12/h7-9H,10H2,1-6H3. The first-order valence-electron chi connectivity index (χ1n) is 6.28. The van der Waals surface area contributed by atoms with E-state index in [9.17, 15) is 0 Å². The van der Waals surface area contributed by atoms with Crippen LogP contribution in [0.1, 0.15) is 52.8 Å². The largest absolute Gasteiger partial charge is 0.363 e. The van der Waals surface area contributed by atoms with Crippen LogP contribution in [-0.2, 0) is 16.9 Å². The molecule has 0 radical (unpaired) electrons. The molecule has 0 saturated heterocycles. The fourth-order valence-electron chi connectivity index (χ4n) is 3.39. The summed E-state index contributed by atoms with van der Waals surface area (Å²) in [6, 6.07) is 4.12. The molecule has 0 spiro atoms. The highest BCUT2D eigenvalue weighted by Crippen LogP contribution is 2.57. The van der Waals surface area contributed by atoms with Gasteiger partial charge < -0.3 is 4.74 Å². The lowest BCUT2D eigenvalue weighted by Crippen LogP contribution is -2.50. The third-order valence-electron chi connectivity index (χ3n) is 3.78. The van der Waals surface area contributed by atoms with Crippen molar-refractivity contribution in [1.82, 2.24) is 4.98 Å². The van der Waals surface area contributed by atoms with Crippen molar-refractivity contribution in [2.24, 2.45) is 10.8 Å². The smallest absolute Gasteiger partial charge is 0.120 e. The van der Waals surface area contributed by atoms with Crippen molar-refractivity contribution in [3.63, 3.8) is 0 Å². The number of ether oxygens (including phenoxy) is 1. The lowest BCUT2D eigenvalue weighted by molar-refractivity contribution is -0.182. The van der Waals surface area contributed by atoms with Crippen molar-refractivity contribution in [1.29, 1.82) is 0 Å². The minimum Gasteiger partial charge on any atom is -0.363 e. The Balaban J connectivity index is 2.68. The molecule has 0 saturated carbocycles. The summed E-state index contributed by atoms with van der Waals surface area (Å²) in [5, 5.41) is 0. The van der Waals surface area contributed by atoms with Crippen molar-refractivity contribution < 1.29 is 4.74 Å². The average Bonchev–Trinajstić information content (AvgIpc) is 2.55. The van der Waals surface area contributed by atoms with Gasteiger partial charge in [-0.1, -0.05) is 47.6 Å². The van der Waals surface area contributed by atoms with Crippen LogP contribution < -0.4 is 0 Å². The summed E-state index contributed by atoms with van der Waals surface area (Å²) >= 11 is 0. The van der Waals surface area contributed by atoms with Gasteiger partial charge in [-0.15, -0.1) is 0 Å². The Morgan fingerprint density at radius 1 is 1.12 bits per heavy atom. The second kappa shape index (κ2) is 3.55. The highest BCUT2D eigenvalue weighted by atomic mass is 16.5. The van der Waals surface area contributed by atoms with Crippen molar-refractivity contribution in [2.75, 3.05) is 0 Å². The van der Waals surface area contributed by atoms with Gasteiger partial charge in [-0.05, 0) is 16.9 Å². The van der Waals surface area contributed by atoms with Crippen LogP contribution in [0.3, 0.4) is 0 Å². The summed E-state index contributed by atoms with van der Waals surface area (Å²) in [4.78, 5) is 4.62. The fraction of sp³-hybridized carbons (Fsp3) is 0.667. The van der Waals surface area contributed by atoms with E-state index in [1.165, 1.54) is 5.56 Å². The van der Waals surface area contributed by atoms with E-state index in [0.717, 1.165) is 5.69 Å². The van der Waals surface area contributed by atoms with Gasteiger partial charge in [0, 0.05) is 11.8 Å². The Kier molecular flexibility index (Phi) is 2.62. The highest BCUT2D eigenvalue weighted by molar-refractivity contribution is 5.33. The zero-order valence-electron chi connectivity index (χ0n) is 11.8. The molecule has 0 N–H and O–H groups in total. The Bertz CT molecular complexity index is 409. The quantitative estimate of drug-likeness (QED) is 0.678. The lowest BCUT2D eigenvalue weighted by atomic mass is 9.61. The number of rotatable bonds is 0. The normalized spacial score (nSPS) is 19.2. The molecule has 0 unspecified atom stereocenters. The lowest BCUT2D eigenvalue weighted by Gasteiger charge is -2.50. The van der Waals surface area contributed by atoms with Gasteiger partial charge in [-0.25, -0.2) is 0 Å². The minimum absolute atomic E-state index is 0.0187. The zero-order valence-corrected chi connectivity index (χ0v) is 11.8. The number of fused-ring (bicyclic) bond motifs is 1. The first-order valence-corrected chi connectivity index (χ1v) is 6.28. The number of hydrogen-bond acceptors (Lipinski definition) is 2. The van der Waals surface area contributed by atoms with Gasteiger partial charge in [-0.3, -0.25) is 4.98 Å². The Labute approximate surface area is 104 Å². The first-order chi connectivity index (χ1) is 7.70. The van der Waals surface area contributed by atoms with Gasteiger partial charge >= 0.3 is 0 Å². The van der Waals surface area contributed by atoms with Crippen molar-refractivity contribution in [3.05, 3.63) is 29.6 Å². The van der Waals surface area contributed by atoms with Crippen LogP contribution in [0.5, 0.6) is 0 Å². The van der Waals surface area contributed by atoms with Crippen LogP contribution in [0.4, 0.5) is 0 Å². The van der Waals surface area contributed by atoms with E-state index in [2.05, 4.69) is 52.6 Å². The highest BCUT2D eigenvalue weighted by Gasteiger charge is 2.57. The Morgan fingerprint density at radius 2 is 1.71 bits per heavy atom. The molecule has 1 aliphatic heterocycles. The van der Waals surface area contributed by atoms with Crippen LogP contribution in [0.25, 0.3) is 0 Å². The van der Waals surface area contributed by atoms with Crippen LogP contribution in [-0.4, -0.2) is 4.98 Å². The second-order valence-corrected chi connectivity index (χ2v) is 6.98. The predicted octanol–water partition coefficient (Wildman–Crippen LogP) is 3.90. The predicted molar refractivity (Wildman–Crippen MR) is 69.6 cm³/mol. The van der Waals surface area contributed by atoms with Gasteiger partial charge in [0.15, 0.2) is 0 Å². The van der Waals surface area contributed by atoms with E-state index in [-0.39, 0.29) is 16.4 Å². The molecule has 1 aromatic heterocycles. The van der Waals surface area contributed by atoms with Gasteiger partial charge in [0.2, 0.25) is 0 Å². The van der Waals surface area contributed by atoms with Gasteiger partial charge in [0.25, 0.3) is 0 Å². The first kappa shape index (κ1) is 12.6. The summed E-state index contributed by atoms with van der Waals surface area (Å²) in [6.07, 6.45) is 1.87. The molecular formula is C15H23NO. The summed E-state index contributed by atoms with van der Waals surface area (Å²) in [5.41, 5.74) is 2.09. The molecule has 2 heteroatoms. The van der Waals surface area contributed by atoms with Crippen LogP contribution in [0.15, 0.2) is 18.3 Å². The van der Waals surface area contributed by atoms with Crippen LogP contribution >= 0.6 is 0 Å². The van der Waals surface area contributed by atoms with Gasteiger partial charge in [0.1, 0.15) is 5.60 Å². The van der Waals surface area contributed by atoms with E-state index in [1.807, 2.05) is 12.3 Å². The topological polar surface area (TPSA) is 22.1 Å². The Morgan fingerprint density at radius 3 is 2.24 bits per heavy atom. The molecule has 17 heavy (non-hydrogen) atoms. The molecular weight excluding hydrogens is 210 g/mol. The molecule has 0 bridgehead atoms. The van der Waals surface area contributed by atoms with Crippen molar-refractivity contribution in [3.8, 4) is 0 Å². The third kappa shape index (κ3) is 1.61. The number of hydrogen-bond donors (Lipinski definition) is 0. The van der Waals surface area contributed by atoms with E-state index in [0.29, 0.717) is 6.61 Å². The number of aromatic nitrogens is 1. The van der Waals surface area contributed by atoms with E-state index in [1.54, 1.807) is 0 Å². The summed E-state index contributed by atoms with van der Waals surface area (Å²) in [7, 11) is 0. The van der Waals surface area contributed by atoms with E-state index < -0.39 is 0 Å². The fourth-order valence-corrected chi connectivity index (χ4v) is 3.39. The molecule has 0 fully saturated rings. The molecule has 2 nitrogen and oxygen atoms in total. The molecule has 0 amide bonds.